The van der Waals surface area contributed by atoms with E-state index in [1.807, 2.05) is 42.5 Å². The predicted octanol–water partition coefficient (Wildman–Crippen LogP) is 3.80. The van der Waals surface area contributed by atoms with Crippen LogP contribution < -0.4 is 14.5 Å². The molecule has 0 aliphatic carbocycles. The van der Waals surface area contributed by atoms with Crippen molar-refractivity contribution in [3.05, 3.63) is 48.0 Å². The Bertz CT molecular complexity index is 770. The van der Waals surface area contributed by atoms with Gasteiger partial charge in [0.2, 0.25) is 6.41 Å². The van der Waals surface area contributed by atoms with Crippen molar-refractivity contribution < 1.29 is 14.3 Å². The summed E-state index contributed by atoms with van der Waals surface area (Å²) in [5.41, 5.74) is 1.82. The van der Waals surface area contributed by atoms with Gasteiger partial charge in [-0.1, -0.05) is 18.2 Å². The molecule has 0 fully saturated rings. The summed E-state index contributed by atoms with van der Waals surface area (Å²) in [6.45, 7) is 0. The smallest absolute Gasteiger partial charge is 0.231 e. The van der Waals surface area contributed by atoms with E-state index in [9.17, 15) is 4.79 Å². The van der Waals surface area contributed by atoms with Crippen LogP contribution in [0, 0.1) is 0 Å². The highest BCUT2D eigenvalue weighted by atomic mass is 32.2. The minimum atomic E-state index is 0.585. The first kappa shape index (κ1) is 19.6. The van der Waals surface area contributed by atoms with Crippen molar-refractivity contribution >= 4 is 23.9 Å². The van der Waals surface area contributed by atoms with Crippen LogP contribution in [-0.4, -0.2) is 39.7 Å². The number of carbonyl (C=O) groups is 1. The second kappa shape index (κ2) is 9.67. The number of ether oxygens (including phenoxy) is 2. The number of anilines is 1. The predicted molar refractivity (Wildman–Crippen MR) is 103 cm³/mol. The number of hydrogen-bond donors (Lipinski definition) is 0. The Hall–Kier alpha value is -2.74. The van der Waals surface area contributed by atoms with Crippen LogP contribution in [0.5, 0.6) is 11.5 Å². The zero-order valence-corrected chi connectivity index (χ0v) is 16.1. The van der Waals surface area contributed by atoms with Gasteiger partial charge in [-0.3, -0.25) is 4.79 Å². The second-order valence-electron chi connectivity index (χ2n) is 5.28. The molecule has 0 bridgehead atoms. The lowest BCUT2D eigenvalue weighted by Crippen LogP contribution is -2.14. The van der Waals surface area contributed by atoms with E-state index in [0.29, 0.717) is 12.2 Å². The van der Waals surface area contributed by atoms with Crippen LogP contribution >= 0.6 is 11.8 Å². The van der Waals surface area contributed by atoms with E-state index in [0.717, 1.165) is 32.7 Å². The highest BCUT2D eigenvalue weighted by Gasteiger charge is 2.14. The van der Waals surface area contributed by atoms with Crippen molar-refractivity contribution in [1.82, 2.24) is 5.01 Å². The van der Waals surface area contributed by atoms with Gasteiger partial charge in [-0.25, -0.2) is 10.0 Å². The first-order valence-electron chi connectivity index (χ1n) is 7.85. The average Bonchev–Trinajstić information content (AvgIpc) is 2.69. The number of rotatable bonds is 9. The molecule has 0 unspecified atom stereocenters. The molecule has 138 valence electrons. The number of methoxy groups -OCH3 is 2. The van der Waals surface area contributed by atoms with E-state index in [1.54, 1.807) is 38.0 Å². The van der Waals surface area contributed by atoms with E-state index >= 15 is 0 Å². The zero-order valence-electron chi connectivity index (χ0n) is 15.2. The van der Waals surface area contributed by atoms with Gasteiger partial charge < -0.3 is 9.47 Å². The molecular weight excluding hydrogens is 352 g/mol. The lowest BCUT2D eigenvalue weighted by molar-refractivity contribution is -0.117. The third-order valence-corrected chi connectivity index (χ3v) is 4.67. The van der Waals surface area contributed by atoms with Crippen LogP contribution in [0.3, 0.4) is 0 Å². The van der Waals surface area contributed by atoms with Crippen molar-refractivity contribution in [1.29, 1.82) is 0 Å². The van der Waals surface area contributed by atoms with Crippen molar-refractivity contribution in [2.75, 3.05) is 33.3 Å². The summed E-state index contributed by atoms with van der Waals surface area (Å²) in [7, 11) is 6.59. The Morgan fingerprint density at radius 3 is 2.38 bits per heavy atom. The van der Waals surface area contributed by atoms with E-state index in [-0.39, 0.29) is 0 Å². The summed E-state index contributed by atoms with van der Waals surface area (Å²) in [6, 6.07) is 13.6. The Labute approximate surface area is 157 Å². The highest BCUT2D eigenvalue weighted by molar-refractivity contribution is 7.98. The van der Waals surface area contributed by atoms with E-state index in [4.69, 9.17) is 9.47 Å². The van der Waals surface area contributed by atoms with Gasteiger partial charge in [0, 0.05) is 30.3 Å². The second-order valence-corrected chi connectivity index (χ2v) is 6.30. The molecule has 0 radical (unpaired) electrons. The van der Waals surface area contributed by atoms with Crippen molar-refractivity contribution in [2.45, 2.75) is 10.6 Å². The SMILES string of the molecule is COc1ccccc1SCc1c(OC)cccc1N(C)/N=N\N(C)C=O. The molecular formula is C18H22N4O3S. The normalized spacial score (nSPS) is 10.6. The summed E-state index contributed by atoms with van der Waals surface area (Å²) in [5, 5.41) is 10.6. The van der Waals surface area contributed by atoms with Crippen LogP contribution in [-0.2, 0) is 10.5 Å². The molecule has 7 nitrogen and oxygen atoms in total. The molecule has 0 heterocycles. The minimum Gasteiger partial charge on any atom is -0.496 e. The molecule has 0 saturated carbocycles. The first-order valence-corrected chi connectivity index (χ1v) is 8.84. The Kier molecular flexibility index (Phi) is 7.28. The number of amides is 1. The fourth-order valence-electron chi connectivity index (χ4n) is 2.27. The van der Waals surface area contributed by atoms with Crippen molar-refractivity contribution in [3.8, 4) is 11.5 Å². The molecule has 0 aliphatic rings. The fourth-order valence-corrected chi connectivity index (χ4v) is 3.33. The molecule has 2 aromatic carbocycles. The van der Waals surface area contributed by atoms with Gasteiger partial charge in [-0.05, 0) is 34.7 Å². The van der Waals surface area contributed by atoms with Gasteiger partial charge in [-0.2, -0.15) is 0 Å². The molecule has 26 heavy (non-hydrogen) atoms. The van der Waals surface area contributed by atoms with Crippen LogP contribution in [0.15, 0.2) is 57.8 Å². The van der Waals surface area contributed by atoms with Crippen LogP contribution in [0.2, 0.25) is 0 Å². The van der Waals surface area contributed by atoms with Gasteiger partial charge >= 0.3 is 0 Å². The summed E-state index contributed by atoms with van der Waals surface area (Å²) in [6.07, 6.45) is 0.585. The molecule has 0 spiro atoms. The van der Waals surface area contributed by atoms with Gasteiger partial charge in [0.25, 0.3) is 0 Å². The molecule has 0 saturated heterocycles. The maximum atomic E-state index is 10.7. The third kappa shape index (κ3) is 4.89. The largest absolute Gasteiger partial charge is 0.496 e. The quantitative estimate of drug-likeness (QED) is 0.289. The summed E-state index contributed by atoms with van der Waals surface area (Å²) < 4.78 is 10.9. The van der Waals surface area contributed by atoms with Crippen molar-refractivity contribution in [2.24, 2.45) is 10.4 Å². The summed E-state index contributed by atoms with van der Waals surface area (Å²) in [4.78, 5) is 11.7. The highest BCUT2D eigenvalue weighted by Crippen LogP contribution is 2.37. The number of hydrogen-bond acceptors (Lipinski definition) is 6. The number of carbonyl (C=O) groups excluding carboxylic acids is 1. The molecule has 0 aliphatic heterocycles. The Morgan fingerprint density at radius 1 is 1.00 bits per heavy atom. The summed E-state index contributed by atoms with van der Waals surface area (Å²) >= 11 is 1.64. The van der Waals surface area contributed by atoms with E-state index in [2.05, 4.69) is 10.4 Å². The summed E-state index contributed by atoms with van der Waals surface area (Å²) in [5.74, 6) is 2.24. The molecule has 1 amide bonds. The maximum Gasteiger partial charge on any atom is 0.231 e. The van der Waals surface area contributed by atoms with E-state index in [1.165, 1.54) is 7.05 Å². The average molecular weight is 374 g/mol. The minimum absolute atomic E-state index is 0.585. The van der Waals surface area contributed by atoms with Gasteiger partial charge in [-0.15, -0.1) is 11.8 Å². The number of benzene rings is 2. The van der Waals surface area contributed by atoms with Crippen LogP contribution in [0.1, 0.15) is 5.56 Å². The lowest BCUT2D eigenvalue weighted by Gasteiger charge is -2.19. The Morgan fingerprint density at radius 2 is 1.69 bits per heavy atom. The lowest BCUT2D eigenvalue weighted by atomic mass is 10.2. The standard InChI is InChI=1S/C18H22N4O3S/c1-21(13-23)19-20-22(2)15-8-7-10-16(24-3)14(15)12-26-18-11-6-5-9-17(18)25-4/h5-11,13H,12H2,1-4H3/b20-19-. The molecule has 0 N–H and O–H groups in total. The molecule has 2 rings (SSSR count). The molecule has 0 atom stereocenters. The molecule has 2 aromatic rings. The van der Waals surface area contributed by atoms with Crippen LogP contribution in [0.25, 0.3) is 0 Å². The molecule has 0 aromatic heterocycles. The number of para-hydroxylation sites is 1. The third-order valence-electron chi connectivity index (χ3n) is 3.59. The zero-order chi connectivity index (χ0) is 18.9. The first-order chi connectivity index (χ1) is 12.6. The van der Waals surface area contributed by atoms with Crippen molar-refractivity contribution in [3.63, 3.8) is 0 Å². The fraction of sp³-hybridized carbons (Fsp3) is 0.278. The van der Waals surface area contributed by atoms with Gasteiger partial charge in [0.05, 0.1) is 19.9 Å². The van der Waals surface area contributed by atoms with Gasteiger partial charge in [0.1, 0.15) is 11.5 Å². The number of thioether (sulfide) groups is 1. The van der Waals surface area contributed by atoms with Crippen LogP contribution in [0.4, 0.5) is 5.69 Å². The molecule has 8 heteroatoms. The van der Waals surface area contributed by atoms with E-state index < -0.39 is 0 Å². The maximum absolute atomic E-state index is 10.7. The topological polar surface area (TPSA) is 66.7 Å². The Balaban J connectivity index is 2.28. The van der Waals surface area contributed by atoms with Gasteiger partial charge in [0.15, 0.2) is 0 Å². The number of nitrogens with zero attached hydrogens (tertiary/aromatic N) is 4. The monoisotopic (exact) mass is 374 g/mol.